The number of aromatic hydroxyl groups is 1. The van der Waals surface area contributed by atoms with Crippen LogP contribution in [0.3, 0.4) is 0 Å². The Morgan fingerprint density at radius 2 is 1.95 bits per heavy atom. The van der Waals surface area contributed by atoms with Gasteiger partial charge >= 0.3 is 5.97 Å². The maximum Gasteiger partial charge on any atom is 0.344 e. The van der Waals surface area contributed by atoms with Crippen molar-refractivity contribution in [2.75, 3.05) is 6.79 Å². The van der Waals surface area contributed by atoms with Crippen LogP contribution in [0.15, 0.2) is 84.8 Å². The van der Waals surface area contributed by atoms with E-state index in [-0.39, 0.29) is 23.4 Å². The van der Waals surface area contributed by atoms with Crippen LogP contribution in [0.25, 0.3) is 11.3 Å². The van der Waals surface area contributed by atoms with Gasteiger partial charge in [-0.15, -0.1) is 11.3 Å². The van der Waals surface area contributed by atoms with Crippen molar-refractivity contribution in [2.45, 2.75) is 25.0 Å². The molecule has 0 amide bonds. The Bertz CT molecular complexity index is 1740. The molecule has 12 heteroatoms. The van der Waals surface area contributed by atoms with E-state index in [0.717, 1.165) is 17.7 Å². The lowest BCUT2D eigenvalue weighted by Gasteiger charge is -2.38. The van der Waals surface area contributed by atoms with Crippen molar-refractivity contribution in [1.29, 1.82) is 5.26 Å². The van der Waals surface area contributed by atoms with Crippen LogP contribution in [0.1, 0.15) is 39.3 Å². The molecule has 42 heavy (non-hydrogen) atoms. The van der Waals surface area contributed by atoms with E-state index in [1.54, 1.807) is 43.3 Å². The molecule has 212 valence electrons. The van der Waals surface area contributed by atoms with Crippen LogP contribution in [-0.4, -0.2) is 37.6 Å². The maximum absolute atomic E-state index is 15.5. The molecule has 1 N–H and O–H groups in total. The fourth-order valence-corrected chi connectivity index (χ4v) is 5.50. The molecule has 0 radical (unpaired) electrons. The first-order valence-electron chi connectivity index (χ1n) is 12.6. The number of halogens is 2. The van der Waals surface area contributed by atoms with Crippen LogP contribution in [0.2, 0.25) is 0 Å². The molecule has 2 heterocycles. The summed E-state index contributed by atoms with van der Waals surface area (Å²) < 4.78 is 42.6. The molecule has 2 atom stereocenters. The smallest absolute Gasteiger partial charge is 0.344 e. The molecular weight excluding hydrogens is 564 g/mol. The lowest BCUT2D eigenvalue weighted by molar-refractivity contribution is -0.148. The zero-order valence-electron chi connectivity index (χ0n) is 22.1. The van der Waals surface area contributed by atoms with Gasteiger partial charge in [0.25, 0.3) is 0 Å². The van der Waals surface area contributed by atoms with Gasteiger partial charge in [0, 0.05) is 28.5 Å². The highest BCUT2D eigenvalue weighted by molar-refractivity contribution is 7.10. The standard InChI is InChI=1S/C30H23F2N5O4S/c1-19(28-36-26(14-42-28)21-8-6-20(13-33)7-9-21)30(15-37-17-34-16-35-37,24-11-10-22(31)12-25(24)32)41-18-40-29(39)23-4-2-3-5-27(23)38/h2-12,14,16-17,19,38H,15,18H2,1H3/t19-,30+/m0/s1. The first-order valence-corrected chi connectivity index (χ1v) is 13.5. The molecule has 3 aromatic carbocycles. The van der Waals surface area contributed by atoms with Crippen LogP contribution in [0.4, 0.5) is 8.78 Å². The van der Waals surface area contributed by atoms with E-state index in [0.29, 0.717) is 16.3 Å². The predicted molar refractivity (Wildman–Crippen MR) is 148 cm³/mol. The second-order valence-corrected chi connectivity index (χ2v) is 10.2. The molecule has 0 spiro atoms. The van der Waals surface area contributed by atoms with Crippen LogP contribution in [0.5, 0.6) is 5.75 Å². The number of phenols is 1. The van der Waals surface area contributed by atoms with Crippen molar-refractivity contribution < 1.29 is 28.2 Å². The van der Waals surface area contributed by atoms with Crippen LogP contribution >= 0.6 is 11.3 Å². The summed E-state index contributed by atoms with van der Waals surface area (Å²) in [4.78, 5) is 21.5. The van der Waals surface area contributed by atoms with Gasteiger partial charge < -0.3 is 14.6 Å². The summed E-state index contributed by atoms with van der Waals surface area (Å²) in [5, 5.41) is 25.7. The van der Waals surface area contributed by atoms with Crippen molar-refractivity contribution in [1.82, 2.24) is 19.7 Å². The second-order valence-electron chi connectivity index (χ2n) is 9.30. The summed E-state index contributed by atoms with van der Waals surface area (Å²) in [5.41, 5.74) is 0.205. The molecule has 0 saturated carbocycles. The summed E-state index contributed by atoms with van der Waals surface area (Å²) in [6.45, 7) is 1.03. The third kappa shape index (κ3) is 5.88. The number of benzene rings is 3. The van der Waals surface area contributed by atoms with E-state index in [1.165, 1.54) is 46.9 Å². The number of rotatable bonds is 10. The number of para-hydroxylation sites is 1. The number of carbonyl (C=O) groups excluding carboxylic acids is 1. The minimum absolute atomic E-state index is 0.0133. The Balaban J connectivity index is 1.54. The lowest BCUT2D eigenvalue weighted by atomic mass is 9.81. The molecule has 2 aromatic heterocycles. The van der Waals surface area contributed by atoms with Crippen molar-refractivity contribution in [3.05, 3.63) is 118 Å². The van der Waals surface area contributed by atoms with Crippen molar-refractivity contribution in [2.24, 2.45) is 0 Å². The molecule has 5 aromatic rings. The Morgan fingerprint density at radius 3 is 2.64 bits per heavy atom. The molecule has 0 unspecified atom stereocenters. The summed E-state index contributed by atoms with van der Waals surface area (Å²) in [5.74, 6) is -3.47. The second kappa shape index (κ2) is 12.3. The number of thiazole rings is 1. The third-order valence-corrected chi connectivity index (χ3v) is 7.81. The van der Waals surface area contributed by atoms with Gasteiger partial charge in [0.1, 0.15) is 41.2 Å². The van der Waals surface area contributed by atoms with Crippen molar-refractivity contribution >= 4 is 17.3 Å². The number of hydrogen-bond acceptors (Lipinski definition) is 9. The Kier molecular flexibility index (Phi) is 8.33. The van der Waals surface area contributed by atoms with Crippen molar-refractivity contribution in [3.63, 3.8) is 0 Å². The molecule has 0 aliphatic rings. The number of carbonyl (C=O) groups is 1. The molecule has 9 nitrogen and oxygen atoms in total. The average molecular weight is 588 g/mol. The number of nitriles is 1. The maximum atomic E-state index is 15.5. The molecule has 0 bridgehead atoms. The highest BCUT2D eigenvalue weighted by Crippen LogP contribution is 2.44. The predicted octanol–water partition coefficient (Wildman–Crippen LogP) is 5.79. The van der Waals surface area contributed by atoms with Gasteiger partial charge in [0.15, 0.2) is 6.79 Å². The van der Waals surface area contributed by atoms with Gasteiger partial charge in [-0.05, 0) is 30.3 Å². The van der Waals surface area contributed by atoms with Crippen LogP contribution in [-0.2, 0) is 21.6 Å². The molecule has 0 aliphatic carbocycles. The van der Waals surface area contributed by atoms with E-state index in [4.69, 9.17) is 19.7 Å². The Labute approximate surface area is 243 Å². The summed E-state index contributed by atoms with van der Waals surface area (Å²) in [7, 11) is 0. The number of hydrogen-bond donors (Lipinski definition) is 1. The van der Waals surface area contributed by atoms with Gasteiger partial charge in [0.05, 0.1) is 28.9 Å². The Morgan fingerprint density at radius 1 is 1.17 bits per heavy atom. The topological polar surface area (TPSA) is 123 Å². The fraction of sp³-hybridized carbons (Fsp3) is 0.167. The number of aromatic nitrogens is 4. The molecule has 0 saturated heterocycles. The zero-order valence-corrected chi connectivity index (χ0v) is 23.0. The number of phenolic OH excluding ortho intramolecular Hbond substituents is 1. The van der Waals surface area contributed by atoms with Crippen molar-refractivity contribution in [3.8, 4) is 23.1 Å². The van der Waals surface area contributed by atoms with Gasteiger partial charge in [-0.2, -0.15) is 10.4 Å². The molecular formula is C30H23F2N5O4S. The van der Waals surface area contributed by atoms with Gasteiger partial charge in [-0.1, -0.05) is 37.3 Å². The van der Waals surface area contributed by atoms with Gasteiger partial charge in [-0.25, -0.2) is 28.2 Å². The van der Waals surface area contributed by atoms with E-state index in [9.17, 15) is 14.3 Å². The lowest BCUT2D eigenvalue weighted by Crippen LogP contribution is -2.42. The van der Waals surface area contributed by atoms with Crippen LogP contribution < -0.4 is 0 Å². The fourth-order valence-electron chi connectivity index (χ4n) is 4.54. The summed E-state index contributed by atoms with van der Waals surface area (Å²) in [6, 6.07) is 18.0. The summed E-state index contributed by atoms with van der Waals surface area (Å²) in [6.07, 6.45) is 2.73. The number of esters is 1. The molecule has 5 rings (SSSR count). The first-order chi connectivity index (χ1) is 20.3. The third-order valence-electron chi connectivity index (χ3n) is 6.78. The minimum atomic E-state index is -1.62. The van der Waals surface area contributed by atoms with E-state index in [1.807, 2.05) is 5.38 Å². The monoisotopic (exact) mass is 587 g/mol. The normalized spacial score (nSPS) is 13.2. The van der Waals surface area contributed by atoms with E-state index < -0.39 is 35.9 Å². The largest absolute Gasteiger partial charge is 0.507 e. The van der Waals surface area contributed by atoms with Crippen LogP contribution in [0, 0.1) is 23.0 Å². The SMILES string of the molecule is C[C@@H](c1nc(-c2ccc(C#N)cc2)cs1)[C@@](Cn1cncn1)(OCOC(=O)c1ccccc1O)c1ccc(F)cc1F. The Hall–Kier alpha value is -4.99. The van der Waals surface area contributed by atoms with E-state index in [2.05, 4.69) is 16.2 Å². The minimum Gasteiger partial charge on any atom is -0.507 e. The number of nitrogens with zero attached hydrogens (tertiary/aromatic N) is 5. The quantitative estimate of drug-likeness (QED) is 0.161. The molecule has 0 aliphatic heterocycles. The molecule has 0 fully saturated rings. The highest BCUT2D eigenvalue weighted by atomic mass is 32.1. The van der Waals surface area contributed by atoms with Gasteiger partial charge in [-0.3, -0.25) is 0 Å². The average Bonchev–Trinajstić information content (AvgIpc) is 3.69. The first kappa shape index (κ1) is 28.5. The summed E-state index contributed by atoms with van der Waals surface area (Å²) >= 11 is 1.31. The number of ether oxygens (including phenoxy) is 2. The highest BCUT2D eigenvalue weighted by Gasteiger charge is 2.45. The zero-order chi connectivity index (χ0) is 29.7. The van der Waals surface area contributed by atoms with Gasteiger partial charge in [0.2, 0.25) is 0 Å². The van der Waals surface area contributed by atoms with E-state index >= 15 is 4.39 Å².